The molecule has 0 saturated carbocycles. The topological polar surface area (TPSA) is 108 Å². The molecule has 0 aliphatic carbocycles. The third kappa shape index (κ3) is 5.72. The zero-order chi connectivity index (χ0) is 25.5. The Morgan fingerprint density at radius 2 is 1.69 bits per heavy atom. The molecule has 0 bridgehead atoms. The number of pyridine rings is 1. The molecule has 0 saturated heterocycles. The molecule has 0 radical (unpaired) electrons. The van der Waals surface area contributed by atoms with Gasteiger partial charge >= 0.3 is 0 Å². The summed E-state index contributed by atoms with van der Waals surface area (Å²) in [5.41, 5.74) is 2.84. The largest absolute Gasteiger partial charge is 0.490 e. The van der Waals surface area contributed by atoms with Gasteiger partial charge in [-0.3, -0.25) is 10.1 Å². The van der Waals surface area contributed by atoms with Gasteiger partial charge in [0.15, 0.2) is 27.8 Å². The minimum Gasteiger partial charge on any atom is -0.490 e. The quantitative estimate of drug-likeness (QED) is 0.296. The summed E-state index contributed by atoms with van der Waals surface area (Å²) in [5.74, 6) is 1.33. The number of nitrogens with zero attached hydrogens (tertiary/aromatic N) is 2. The van der Waals surface area contributed by atoms with Crippen LogP contribution in [0.2, 0.25) is 0 Å². The van der Waals surface area contributed by atoms with Gasteiger partial charge in [0.25, 0.3) is 5.91 Å². The van der Waals surface area contributed by atoms with Crippen LogP contribution in [-0.4, -0.2) is 40.8 Å². The van der Waals surface area contributed by atoms with Crippen LogP contribution in [0.15, 0.2) is 59.1 Å². The van der Waals surface area contributed by atoms with Crippen molar-refractivity contribution < 1.29 is 23.4 Å². The van der Waals surface area contributed by atoms with Gasteiger partial charge in [-0.2, -0.15) is 4.98 Å². The van der Waals surface area contributed by atoms with Crippen molar-refractivity contribution in [3.8, 4) is 28.7 Å². The molecule has 0 aliphatic rings. The second-order valence-electron chi connectivity index (χ2n) is 7.43. The minimum atomic E-state index is -0.418. The van der Waals surface area contributed by atoms with Crippen LogP contribution >= 0.6 is 12.2 Å². The van der Waals surface area contributed by atoms with Crippen LogP contribution in [0.1, 0.15) is 31.1 Å². The fourth-order valence-electron chi connectivity index (χ4n) is 3.48. The number of benzene rings is 2. The highest BCUT2D eigenvalue weighted by molar-refractivity contribution is 7.80. The number of nitrogens with one attached hydrogen (secondary N) is 2. The van der Waals surface area contributed by atoms with Crippen LogP contribution in [0, 0.1) is 0 Å². The second-order valence-corrected chi connectivity index (χ2v) is 7.84. The van der Waals surface area contributed by atoms with E-state index in [4.69, 9.17) is 30.8 Å². The zero-order valence-corrected chi connectivity index (χ0v) is 21.0. The number of thiocarbonyl (C=S) groups is 1. The maximum Gasteiger partial charge on any atom is 0.257 e. The normalized spacial score (nSPS) is 10.6. The van der Waals surface area contributed by atoms with Crippen LogP contribution < -0.4 is 24.8 Å². The Bertz CT molecular complexity index is 1330. The molecule has 186 valence electrons. The highest BCUT2D eigenvalue weighted by Crippen LogP contribution is 2.39. The third-order valence-corrected chi connectivity index (χ3v) is 5.13. The van der Waals surface area contributed by atoms with E-state index < -0.39 is 5.91 Å². The van der Waals surface area contributed by atoms with E-state index >= 15 is 0 Å². The predicted octanol–water partition coefficient (Wildman–Crippen LogP) is 5.21. The number of amides is 1. The smallest absolute Gasteiger partial charge is 0.257 e. The lowest BCUT2D eigenvalue weighted by atomic mass is 10.1. The number of rotatable bonds is 9. The summed E-state index contributed by atoms with van der Waals surface area (Å²) in [4.78, 5) is 21.6. The van der Waals surface area contributed by atoms with Crippen molar-refractivity contribution in [1.82, 2.24) is 15.3 Å². The first-order chi connectivity index (χ1) is 17.5. The molecular formula is C26H26N4O5S. The highest BCUT2D eigenvalue weighted by atomic mass is 32.1. The Morgan fingerprint density at radius 1 is 0.972 bits per heavy atom. The average Bonchev–Trinajstić information content (AvgIpc) is 3.31. The van der Waals surface area contributed by atoms with Crippen molar-refractivity contribution in [2.45, 2.75) is 20.8 Å². The molecule has 10 heteroatoms. The number of aromatic nitrogens is 2. The minimum absolute atomic E-state index is 0.126. The number of ether oxygens (including phenoxy) is 3. The van der Waals surface area contributed by atoms with Crippen molar-refractivity contribution in [2.24, 2.45) is 0 Å². The number of hydrogen-bond donors (Lipinski definition) is 2. The van der Waals surface area contributed by atoms with Gasteiger partial charge in [0.2, 0.25) is 11.6 Å². The van der Waals surface area contributed by atoms with Gasteiger partial charge in [-0.25, -0.2) is 4.98 Å². The molecule has 0 unspecified atom stereocenters. The molecule has 2 aromatic heterocycles. The fraction of sp³-hybridized carbons (Fsp3) is 0.231. The zero-order valence-electron chi connectivity index (χ0n) is 20.2. The Morgan fingerprint density at radius 3 is 2.36 bits per heavy atom. The number of oxazole rings is 1. The molecule has 2 heterocycles. The lowest BCUT2D eigenvalue weighted by Gasteiger charge is -2.17. The number of carbonyl (C=O) groups excluding carboxylic acids is 1. The summed E-state index contributed by atoms with van der Waals surface area (Å²) < 4.78 is 22.9. The van der Waals surface area contributed by atoms with E-state index in [2.05, 4.69) is 20.6 Å². The first kappa shape index (κ1) is 24.9. The number of fused-ring (bicyclic) bond motifs is 1. The van der Waals surface area contributed by atoms with Crippen LogP contribution in [0.25, 0.3) is 22.7 Å². The van der Waals surface area contributed by atoms with Gasteiger partial charge in [-0.15, -0.1) is 0 Å². The fourth-order valence-corrected chi connectivity index (χ4v) is 3.69. The lowest BCUT2D eigenvalue weighted by molar-refractivity contribution is 0.0976. The van der Waals surface area contributed by atoms with E-state index in [1.54, 1.807) is 30.5 Å². The molecule has 1 amide bonds. The molecule has 0 spiro atoms. The van der Waals surface area contributed by atoms with Gasteiger partial charge in [0.05, 0.1) is 19.8 Å². The summed E-state index contributed by atoms with van der Waals surface area (Å²) in [5, 5.41) is 5.85. The molecule has 0 aliphatic heterocycles. The number of hydrogen-bond acceptors (Lipinski definition) is 8. The van der Waals surface area contributed by atoms with Crippen molar-refractivity contribution in [2.75, 3.05) is 25.1 Å². The first-order valence-electron chi connectivity index (χ1n) is 11.5. The van der Waals surface area contributed by atoms with Gasteiger partial charge < -0.3 is 23.9 Å². The lowest BCUT2D eigenvalue weighted by Crippen LogP contribution is -2.34. The Kier molecular flexibility index (Phi) is 7.96. The monoisotopic (exact) mass is 506 g/mol. The second kappa shape index (κ2) is 11.5. The van der Waals surface area contributed by atoms with Crippen molar-refractivity contribution in [1.29, 1.82) is 0 Å². The highest BCUT2D eigenvalue weighted by Gasteiger charge is 2.19. The van der Waals surface area contributed by atoms with E-state index in [1.807, 2.05) is 45.0 Å². The molecule has 2 N–H and O–H groups in total. The summed E-state index contributed by atoms with van der Waals surface area (Å²) >= 11 is 5.38. The molecular weight excluding hydrogens is 480 g/mol. The van der Waals surface area contributed by atoms with E-state index in [9.17, 15) is 4.79 Å². The molecule has 4 rings (SSSR count). The van der Waals surface area contributed by atoms with E-state index in [-0.39, 0.29) is 5.11 Å². The summed E-state index contributed by atoms with van der Waals surface area (Å²) in [7, 11) is 0. The van der Waals surface area contributed by atoms with Gasteiger partial charge in [-0.05, 0) is 75.5 Å². The standard InChI is InChI=1S/C26H26N4O5S/c1-4-32-20-14-17(15-21(33-5-2)22(20)34-6-3)24(31)30-26(36)28-18-10-7-9-16(13-18)25-29-23-19(35-25)11-8-12-27-23/h7-15H,4-6H2,1-3H3,(H2,28,30,31,36). The average molecular weight is 507 g/mol. The first-order valence-corrected chi connectivity index (χ1v) is 11.9. The van der Waals surface area contributed by atoms with Crippen molar-refractivity contribution in [3.63, 3.8) is 0 Å². The van der Waals surface area contributed by atoms with Crippen LogP contribution in [-0.2, 0) is 0 Å². The maximum absolute atomic E-state index is 13.0. The van der Waals surface area contributed by atoms with Crippen LogP contribution in [0.5, 0.6) is 17.2 Å². The van der Waals surface area contributed by atoms with Gasteiger partial charge in [0, 0.05) is 23.0 Å². The summed E-state index contributed by atoms with van der Waals surface area (Å²) in [6.07, 6.45) is 1.66. The molecule has 4 aromatic rings. The molecule has 0 atom stereocenters. The summed E-state index contributed by atoms with van der Waals surface area (Å²) in [6, 6.07) is 14.1. The molecule has 0 fully saturated rings. The SMILES string of the molecule is CCOc1cc(C(=O)NC(=S)Nc2cccc(-c3nc4ncccc4o3)c2)cc(OCC)c1OCC. The number of anilines is 1. The third-order valence-electron chi connectivity index (χ3n) is 4.93. The van der Waals surface area contributed by atoms with Crippen LogP contribution in [0.3, 0.4) is 0 Å². The van der Waals surface area contributed by atoms with Crippen LogP contribution in [0.4, 0.5) is 5.69 Å². The predicted molar refractivity (Wildman–Crippen MR) is 141 cm³/mol. The molecule has 36 heavy (non-hydrogen) atoms. The summed E-state index contributed by atoms with van der Waals surface area (Å²) in [6.45, 7) is 6.82. The van der Waals surface area contributed by atoms with Gasteiger partial charge in [-0.1, -0.05) is 6.07 Å². The van der Waals surface area contributed by atoms with Gasteiger partial charge in [0.1, 0.15) is 0 Å². The number of carbonyl (C=O) groups is 1. The molecule has 9 nitrogen and oxygen atoms in total. The molecule has 2 aromatic carbocycles. The van der Waals surface area contributed by atoms with E-state index in [0.717, 1.165) is 5.56 Å². The Labute approximate surface area is 213 Å². The van der Waals surface area contributed by atoms with Crippen molar-refractivity contribution in [3.05, 3.63) is 60.3 Å². The Hall–Kier alpha value is -4.18. The van der Waals surface area contributed by atoms with E-state index in [1.165, 1.54) is 0 Å². The van der Waals surface area contributed by atoms with E-state index in [0.29, 0.717) is 65.4 Å². The maximum atomic E-state index is 13.0. The van der Waals surface area contributed by atoms with Crippen molar-refractivity contribution >= 4 is 40.2 Å². The Balaban J connectivity index is 1.50.